The van der Waals surface area contributed by atoms with Crippen molar-refractivity contribution in [2.45, 2.75) is 6.17 Å². The SMILES string of the molecule is O=C=CC(F)C=O. The van der Waals surface area contributed by atoms with Crippen LogP contribution in [0.4, 0.5) is 4.39 Å². The summed E-state index contributed by atoms with van der Waals surface area (Å²) in [6.07, 6.45) is -1.25. The van der Waals surface area contributed by atoms with Gasteiger partial charge in [-0.1, -0.05) is 0 Å². The maximum atomic E-state index is 11.4. The number of carbonyl (C=O) groups excluding carboxylic acids is 2. The van der Waals surface area contributed by atoms with Crippen LogP contribution in [0.5, 0.6) is 0 Å². The second-order valence-corrected chi connectivity index (χ2v) is 0.865. The highest BCUT2D eigenvalue weighted by Crippen LogP contribution is 1.80. The summed E-state index contributed by atoms with van der Waals surface area (Å²) in [7, 11) is 0. The number of hydrogen-bond acceptors (Lipinski definition) is 2. The van der Waals surface area contributed by atoms with E-state index < -0.39 is 6.17 Å². The first-order valence-electron chi connectivity index (χ1n) is 1.61. The van der Waals surface area contributed by atoms with E-state index in [4.69, 9.17) is 0 Å². The summed E-state index contributed by atoms with van der Waals surface area (Å²) in [4.78, 5) is 18.5. The molecule has 0 N–H and O–H groups in total. The standard InChI is InChI=1S/C4H3FO2/c5-4(3-7)1-2-6/h1,3-4H. The molecular formula is C4H3FO2. The third-order valence-corrected chi connectivity index (χ3v) is 0.357. The van der Waals surface area contributed by atoms with E-state index in [0.29, 0.717) is 6.08 Å². The van der Waals surface area contributed by atoms with Gasteiger partial charge in [-0.25, -0.2) is 9.18 Å². The Labute approximate surface area is 39.6 Å². The summed E-state index contributed by atoms with van der Waals surface area (Å²) in [6.45, 7) is 0. The minimum Gasteiger partial charge on any atom is -0.300 e. The second kappa shape index (κ2) is 3.25. The molecule has 0 rings (SSSR count). The molecule has 1 atom stereocenters. The predicted molar refractivity (Wildman–Crippen MR) is 21.2 cm³/mol. The lowest BCUT2D eigenvalue weighted by Gasteiger charge is -1.77. The Bertz CT molecular complexity index is 104. The topological polar surface area (TPSA) is 34.1 Å². The third-order valence-electron chi connectivity index (χ3n) is 0.357. The van der Waals surface area contributed by atoms with Gasteiger partial charge in [0.25, 0.3) is 0 Å². The van der Waals surface area contributed by atoms with E-state index in [-0.39, 0.29) is 6.29 Å². The molecule has 7 heavy (non-hydrogen) atoms. The van der Waals surface area contributed by atoms with Crippen LogP contribution in [-0.2, 0) is 9.59 Å². The zero-order valence-electron chi connectivity index (χ0n) is 3.43. The summed E-state index contributed by atoms with van der Waals surface area (Å²) < 4.78 is 11.4. The van der Waals surface area contributed by atoms with Crippen LogP contribution in [0.2, 0.25) is 0 Å². The van der Waals surface area contributed by atoms with Gasteiger partial charge in [0.15, 0.2) is 12.5 Å². The van der Waals surface area contributed by atoms with Crippen molar-refractivity contribution in [3.63, 3.8) is 0 Å². The molecule has 0 aliphatic heterocycles. The lowest BCUT2D eigenvalue weighted by atomic mass is 10.4. The fourth-order valence-electron chi connectivity index (χ4n) is 0.104. The zero-order chi connectivity index (χ0) is 5.70. The minimum absolute atomic E-state index is 0.0188. The highest BCUT2D eigenvalue weighted by atomic mass is 19.1. The van der Waals surface area contributed by atoms with Crippen LogP contribution in [-0.4, -0.2) is 18.4 Å². The molecule has 0 fully saturated rings. The molecular weight excluding hydrogens is 99.0 g/mol. The Hall–Kier alpha value is -0.950. The van der Waals surface area contributed by atoms with Crippen LogP contribution >= 0.6 is 0 Å². The van der Waals surface area contributed by atoms with E-state index in [1.54, 1.807) is 0 Å². The van der Waals surface area contributed by atoms with Crippen molar-refractivity contribution < 1.29 is 14.0 Å². The van der Waals surface area contributed by atoms with E-state index >= 15 is 0 Å². The van der Waals surface area contributed by atoms with Gasteiger partial charge in [-0.15, -0.1) is 0 Å². The maximum absolute atomic E-state index is 11.4. The molecule has 0 aromatic heterocycles. The third kappa shape index (κ3) is 2.86. The normalized spacial score (nSPS) is 11.6. The van der Waals surface area contributed by atoms with Crippen molar-refractivity contribution in [1.82, 2.24) is 0 Å². The van der Waals surface area contributed by atoms with Crippen LogP contribution in [0.3, 0.4) is 0 Å². The van der Waals surface area contributed by atoms with Crippen LogP contribution < -0.4 is 0 Å². The first-order chi connectivity index (χ1) is 3.31. The van der Waals surface area contributed by atoms with E-state index in [1.165, 1.54) is 0 Å². The van der Waals surface area contributed by atoms with Gasteiger partial charge in [-0.3, -0.25) is 4.79 Å². The molecule has 38 valence electrons. The average molecular weight is 102 g/mol. The van der Waals surface area contributed by atoms with Crippen LogP contribution in [0.1, 0.15) is 0 Å². The molecule has 1 unspecified atom stereocenters. The quantitative estimate of drug-likeness (QED) is 0.360. The summed E-state index contributed by atoms with van der Waals surface area (Å²) in [5, 5.41) is 0. The summed E-state index contributed by atoms with van der Waals surface area (Å²) in [6, 6.07) is 0. The zero-order valence-corrected chi connectivity index (χ0v) is 3.43. The number of halogens is 1. The van der Waals surface area contributed by atoms with E-state index in [0.717, 1.165) is 5.94 Å². The number of hydrogen-bond donors (Lipinski definition) is 0. The van der Waals surface area contributed by atoms with Gasteiger partial charge in [0.05, 0.1) is 0 Å². The van der Waals surface area contributed by atoms with E-state index in [1.807, 2.05) is 0 Å². The summed E-state index contributed by atoms with van der Waals surface area (Å²) >= 11 is 0. The lowest BCUT2D eigenvalue weighted by Crippen LogP contribution is -1.93. The smallest absolute Gasteiger partial charge is 0.184 e. The lowest BCUT2D eigenvalue weighted by molar-refractivity contribution is -0.110. The number of aldehydes is 1. The molecule has 0 amide bonds. The van der Waals surface area contributed by atoms with Crippen LogP contribution in [0, 0.1) is 0 Å². The van der Waals surface area contributed by atoms with Crippen LogP contribution in [0.15, 0.2) is 6.08 Å². The molecule has 0 aromatic carbocycles. The highest BCUT2D eigenvalue weighted by Gasteiger charge is 1.93. The van der Waals surface area contributed by atoms with E-state index in [2.05, 4.69) is 0 Å². The maximum Gasteiger partial charge on any atom is 0.184 e. The molecule has 3 heteroatoms. The van der Waals surface area contributed by atoms with Gasteiger partial charge in [-0.2, -0.15) is 0 Å². The van der Waals surface area contributed by atoms with E-state index in [9.17, 15) is 14.0 Å². The Morgan fingerprint density at radius 3 is 2.43 bits per heavy atom. The molecule has 0 aliphatic rings. The van der Waals surface area contributed by atoms with Crippen LogP contribution in [0.25, 0.3) is 0 Å². The molecule has 0 spiro atoms. The molecule has 2 nitrogen and oxygen atoms in total. The number of alkyl halides is 1. The second-order valence-electron chi connectivity index (χ2n) is 0.865. The molecule has 0 aromatic rings. The fourth-order valence-corrected chi connectivity index (χ4v) is 0.104. The Morgan fingerprint density at radius 2 is 2.29 bits per heavy atom. The van der Waals surface area contributed by atoms with Crippen molar-refractivity contribution in [3.05, 3.63) is 6.08 Å². The number of allylic oxidation sites excluding steroid dienone is 1. The monoisotopic (exact) mass is 102 g/mol. The van der Waals surface area contributed by atoms with Crippen molar-refractivity contribution in [1.29, 1.82) is 0 Å². The van der Waals surface area contributed by atoms with Crippen molar-refractivity contribution in [2.75, 3.05) is 0 Å². The molecule has 0 radical (unpaired) electrons. The fraction of sp³-hybridized carbons (Fsp3) is 0.250. The predicted octanol–water partition coefficient (Wildman–Crippen LogP) is -0.0888. The number of carbonyl (C=O) groups is 1. The first kappa shape index (κ1) is 6.05. The Morgan fingerprint density at radius 1 is 1.71 bits per heavy atom. The Balaban J connectivity index is 3.56. The average Bonchev–Trinajstić information content (AvgIpc) is 1.68. The van der Waals surface area contributed by atoms with Crippen molar-refractivity contribution in [2.24, 2.45) is 0 Å². The number of rotatable bonds is 2. The van der Waals surface area contributed by atoms with Crippen molar-refractivity contribution >= 4 is 12.2 Å². The molecule has 0 heterocycles. The first-order valence-corrected chi connectivity index (χ1v) is 1.61. The Kier molecular flexibility index (Phi) is 2.81. The molecule has 0 aliphatic carbocycles. The largest absolute Gasteiger partial charge is 0.300 e. The van der Waals surface area contributed by atoms with Gasteiger partial charge < -0.3 is 0 Å². The highest BCUT2D eigenvalue weighted by molar-refractivity contribution is 5.64. The van der Waals surface area contributed by atoms with Gasteiger partial charge in [-0.05, 0) is 0 Å². The molecule has 0 saturated heterocycles. The molecule has 0 saturated carbocycles. The van der Waals surface area contributed by atoms with Crippen molar-refractivity contribution in [3.8, 4) is 0 Å². The molecule has 0 bridgehead atoms. The van der Waals surface area contributed by atoms with Gasteiger partial charge >= 0.3 is 0 Å². The summed E-state index contributed by atoms with van der Waals surface area (Å²) in [5.41, 5.74) is 0. The summed E-state index contributed by atoms with van der Waals surface area (Å²) in [5.74, 6) is 1.14. The van der Waals surface area contributed by atoms with Gasteiger partial charge in [0.1, 0.15) is 5.94 Å². The van der Waals surface area contributed by atoms with Gasteiger partial charge in [0.2, 0.25) is 0 Å². The van der Waals surface area contributed by atoms with Gasteiger partial charge in [0, 0.05) is 6.08 Å². The minimum atomic E-state index is -1.78.